The number of aryl methyl sites for hydroxylation is 1. The Labute approximate surface area is 252 Å². The molecule has 1 amide bonds. The minimum atomic E-state index is -0.0199. The number of amides is 1. The van der Waals surface area contributed by atoms with Crippen LogP contribution in [0.1, 0.15) is 62.3 Å². The molecule has 2 heterocycles. The lowest BCUT2D eigenvalue weighted by Crippen LogP contribution is -2.50. The van der Waals surface area contributed by atoms with E-state index in [0.717, 1.165) is 37.4 Å². The highest BCUT2D eigenvalue weighted by atomic mass is 16.5. The van der Waals surface area contributed by atoms with E-state index in [0.29, 0.717) is 18.7 Å². The second-order valence-corrected chi connectivity index (χ2v) is 9.83. The molecule has 0 radical (unpaired) electrons. The molecular weight excluding hydrogens is 524 g/mol. The van der Waals surface area contributed by atoms with Crippen molar-refractivity contribution in [3.8, 4) is 0 Å². The van der Waals surface area contributed by atoms with Gasteiger partial charge in [-0.25, -0.2) is 4.98 Å². The summed E-state index contributed by atoms with van der Waals surface area (Å²) < 4.78 is 6.58. The van der Waals surface area contributed by atoms with E-state index in [1.54, 1.807) is 11.6 Å². The molecule has 7 heteroatoms. The zero-order chi connectivity index (χ0) is 30.7. The quantitative estimate of drug-likeness (QED) is 0.440. The predicted molar refractivity (Wildman–Crippen MR) is 175 cm³/mol. The molecule has 0 spiro atoms. The number of nitrogens with zero attached hydrogens (tertiary/aromatic N) is 4. The number of carbonyl (C=O) groups is 1. The molecule has 3 aliphatic rings. The Morgan fingerprint density at radius 1 is 0.905 bits per heavy atom. The van der Waals surface area contributed by atoms with Crippen molar-refractivity contribution in [2.45, 2.75) is 46.6 Å². The molecule has 0 bridgehead atoms. The number of carbonyl (C=O) groups excluding carboxylic acids is 1. The summed E-state index contributed by atoms with van der Waals surface area (Å²) in [5.74, 6) is 0.776. The highest BCUT2D eigenvalue weighted by Crippen LogP contribution is 2.21. The standard InChI is InChI=1S/C19H26N4O3.2C7H8.C2H6/c1-14(22-9-11-23(12-10-22)17(24)13-26-3)18-20-16-8-6-4-5-7-15(16)19(25)21(18)2;1-7-5-3-2-4-6-7;1-2-4-6-7-5-3-1;1-2/h5-8,14H,4,9-13H2,1-3H3;2-6H,1H3;1-6H,7H2;1-2H3. The molecule has 2 aromatic rings. The van der Waals surface area contributed by atoms with Crippen molar-refractivity contribution in [2.75, 3.05) is 39.9 Å². The molecular formula is C35H48N4O3. The molecule has 0 saturated carbocycles. The number of allylic oxidation sites excluding steroid dienone is 8. The Kier molecular flexibility index (Phi) is 15.8. The molecule has 7 nitrogen and oxygen atoms in total. The van der Waals surface area contributed by atoms with Crippen LogP contribution >= 0.6 is 0 Å². The van der Waals surface area contributed by atoms with Gasteiger partial charge in [0.2, 0.25) is 5.91 Å². The van der Waals surface area contributed by atoms with Crippen molar-refractivity contribution in [1.82, 2.24) is 19.4 Å². The largest absolute Gasteiger partial charge is 0.375 e. The first-order valence-corrected chi connectivity index (χ1v) is 14.9. The van der Waals surface area contributed by atoms with Gasteiger partial charge in [0.1, 0.15) is 12.4 Å². The fourth-order valence-electron chi connectivity index (χ4n) is 4.55. The summed E-state index contributed by atoms with van der Waals surface area (Å²) >= 11 is 0. The molecule has 1 aromatic heterocycles. The number of aromatic nitrogens is 2. The van der Waals surface area contributed by atoms with Crippen LogP contribution in [0.3, 0.4) is 0 Å². The Hall–Kier alpha value is -3.81. The molecule has 1 aromatic carbocycles. The first-order chi connectivity index (χ1) is 20.4. The number of methoxy groups -OCH3 is 1. The smallest absolute Gasteiger partial charge is 0.261 e. The minimum Gasteiger partial charge on any atom is -0.375 e. The van der Waals surface area contributed by atoms with E-state index >= 15 is 0 Å². The fraction of sp³-hybridized carbons (Fsp3) is 0.400. The predicted octanol–water partition coefficient (Wildman–Crippen LogP) is 6.14. The average Bonchev–Trinajstić information content (AvgIpc) is 3.47. The Morgan fingerprint density at radius 3 is 2.07 bits per heavy atom. The molecule has 226 valence electrons. The van der Waals surface area contributed by atoms with Gasteiger partial charge in [-0.05, 0) is 32.8 Å². The first-order valence-electron chi connectivity index (χ1n) is 14.9. The summed E-state index contributed by atoms with van der Waals surface area (Å²) in [7, 11) is 3.31. The number of piperazine rings is 1. The van der Waals surface area contributed by atoms with Crippen LogP contribution in [-0.4, -0.2) is 65.2 Å². The number of benzene rings is 1. The maximum Gasteiger partial charge on any atom is 0.261 e. The molecule has 1 aliphatic heterocycles. The molecule has 1 atom stereocenters. The highest BCUT2D eigenvalue weighted by Gasteiger charge is 2.27. The summed E-state index contributed by atoms with van der Waals surface area (Å²) in [6.07, 6.45) is 22.1. The normalized spacial score (nSPS) is 15.9. The first kappa shape index (κ1) is 34.4. The second-order valence-electron chi connectivity index (χ2n) is 9.83. The van der Waals surface area contributed by atoms with E-state index in [1.165, 1.54) is 12.7 Å². The van der Waals surface area contributed by atoms with Gasteiger partial charge < -0.3 is 9.64 Å². The van der Waals surface area contributed by atoms with Gasteiger partial charge in [-0.3, -0.25) is 19.1 Å². The zero-order valence-electron chi connectivity index (χ0n) is 26.2. The Balaban J connectivity index is 0.000000312. The van der Waals surface area contributed by atoms with Crippen LogP contribution in [0.4, 0.5) is 0 Å². The molecule has 42 heavy (non-hydrogen) atoms. The summed E-state index contributed by atoms with van der Waals surface area (Å²) in [6, 6.07) is 10.3. The fourth-order valence-corrected chi connectivity index (χ4v) is 4.55. The van der Waals surface area contributed by atoms with Crippen LogP contribution in [-0.2, 0) is 16.6 Å². The van der Waals surface area contributed by atoms with Crippen molar-refractivity contribution in [3.63, 3.8) is 0 Å². The van der Waals surface area contributed by atoms with Gasteiger partial charge in [0, 0.05) is 40.3 Å². The summed E-state index contributed by atoms with van der Waals surface area (Å²) in [5.41, 5.74) is 2.68. The third kappa shape index (κ3) is 10.9. The van der Waals surface area contributed by atoms with Crippen LogP contribution in [0.15, 0.2) is 83.7 Å². The van der Waals surface area contributed by atoms with E-state index in [4.69, 9.17) is 9.72 Å². The summed E-state index contributed by atoms with van der Waals surface area (Å²) in [6.45, 7) is 11.1. The van der Waals surface area contributed by atoms with E-state index in [9.17, 15) is 9.59 Å². The molecule has 2 aliphatic carbocycles. The zero-order valence-corrected chi connectivity index (χ0v) is 26.2. The van der Waals surface area contributed by atoms with Crippen molar-refractivity contribution in [1.29, 1.82) is 0 Å². The lowest BCUT2D eigenvalue weighted by molar-refractivity contribution is -0.137. The highest BCUT2D eigenvalue weighted by molar-refractivity contribution is 5.77. The van der Waals surface area contributed by atoms with Crippen molar-refractivity contribution < 1.29 is 9.53 Å². The summed E-state index contributed by atoms with van der Waals surface area (Å²) in [4.78, 5) is 33.6. The third-order valence-corrected chi connectivity index (χ3v) is 6.90. The van der Waals surface area contributed by atoms with Crippen molar-refractivity contribution >= 4 is 18.1 Å². The average molecular weight is 573 g/mol. The minimum absolute atomic E-state index is 0.00156. The lowest BCUT2D eigenvalue weighted by Gasteiger charge is -2.38. The molecule has 0 N–H and O–H groups in total. The molecule has 1 fully saturated rings. The van der Waals surface area contributed by atoms with Gasteiger partial charge in [-0.1, -0.05) is 104 Å². The van der Waals surface area contributed by atoms with Crippen molar-refractivity contribution in [3.05, 3.63) is 112 Å². The topological polar surface area (TPSA) is 67.7 Å². The second kappa shape index (κ2) is 19.3. The van der Waals surface area contributed by atoms with Gasteiger partial charge >= 0.3 is 0 Å². The summed E-state index contributed by atoms with van der Waals surface area (Å²) in [5, 5.41) is 0. The van der Waals surface area contributed by atoms with Crippen LogP contribution in [0, 0.1) is 6.92 Å². The number of rotatable bonds is 4. The van der Waals surface area contributed by atoms with Crippen LogP contribution < -0.4 is 5.56 Å². The van der Waals surface area contributed by atoms with Crippen molar-refractivity contribution in [2.24, 2.45) is 7.05 Å². The third-order valence-electron chi connectivity index (χ3n) is 6.90. The lowest BCUT2D eigenvalue weighted by atomic mass is 10.1. The maximum atomic E-state index is 12.7. The van der Waals surface area contributed by atoms with Gasteiger partial charge in [-0.15, -0.1) is 0 Å². The Bertz CT molecular complexity index is 1280. The van der Waals surface area contributed by atoms with Crippen LogP contribution in [0.5, 0.6) is 0 Å². The van der Waals surface area contributed by atoms with E-state index in [2.05, 4.69) is 55.2 Å². The number of hydrogen-bond donors (Lipinski definition) is 0. The molecule has 5 rings (SSSR count). The maximum absolute atomic E-state index is 12.7. The Morgan fingerprint density at radius 2 is 1.50 bits per heavy atom. The van der Waals surface area contributed by atoms with E-state index in [-0.39, 0.29) is 24.1 Å². The van der Waals surface area contributed by atoms with Gasteiger partial charge in [0.25, 0.3) is 5.56 Å². The van der Waals surface area contributed by atoms with Crippen LogP contribution in [0.25, 0.3) is 12.2 Å². The molecule has 1 saturated heterocycles. The van der Waals surface area contributed by atoms with Gasteiger partial charge in [-0.2, -0.15) is 0 Å². The van der Waals surface area contributed by atoms with Crippen LogP contribution in [0.2, 0.25) is 0 Å². The SMILES string of the molecule is C1=CC=CCC=C1.CC.COCC(=O)N1CCN(C(C)c2nc3c(c(=O)n2C)C=CCC=C3)CC1.Cc1ccccc1. The van der Waals surface area contributed by atoms with Gasteiger partial charge in [0.05, 0.1) is 17.3 Å². The van der Waals surface area contributed by atoms with E-state index in [1.807, 2.05) is 73.4 Å². The molecule has 1 unspecified atom stereocenters. The number of ether oxygens (including phenoxy) is 1. The van der Waals surface area contributed by atoms with Gasteiger partial charge in [0.15, 0.2) is 0 Å². The van der Waals surface area contributed by atoms with E-state index < -0.39 is 0 Å². The monoisotopic (exact) mass is 572 g/mol. The number of fused-ring (bicyclic) bond motifs is 1. The number of hydrogen-bond acceptors (Lipinski definition) is 5.